The molecule has 10 heteroatoms. The van der Waals surface area contributed by atoms with Gasteiger partial charge in [-0.15, -0.1) is 0 Å². The number of halogens is 1. The summed E-state index contributed by atoms with van der Waals surface area (Å²) in [5, 5.41) is 6.91. The SMILES string of the molecule is CCOC(=O)c1cc2n(n1)CC(C)(C(=O)NCCOC)N(c1ccc(F)cc1)C2=O. The molecule has 2 aromatic rings. The highest BCUT2D eigenvalue weighted by atomic mass is 19.1. The largest absolute Gasteiger partial charge is 0.461 e. The van der Waals surface area contributed by atoms with Gasteiger partial charge in [0.15, 0.2) is 5.69 Å². The number of amides is 2. The number of nitrogens with zero attached hydrogens (tertiary/aromatic N) is 3. The molecule has 0 aliphatic carbocycles. The van der Waals surface area contributed by atoms with Gasteiger partial charge in [0.1, 0.15) is 17.1 Å². The number of aromatic nitrogens is 2. The van der Waals surface area contributed by atoms with Crippen LogP contribution in [0.25, 0.3) is 0 Å². The Morgan fingerprint density at radius 1 is 1.30 bits per heavy atom. The van der Waals surface area contributed by atoms with Crippen LogP contribution in [0.4, 0.5) is 10.1 Å². The smallest absolute Gasteiger partial charge is 0.358 e. The maximum absolute atomic E-state index is 13.4. The maximum Gasteiger partial charge on any atom is 0.358 e. The fraction of sp³-hybridized carbons (Fsp3) is 0.400. The van der Waals surface area contributed by atoms with Gasteiger partial charge in [-0.3, -0.25) is 19.2 Å². The van der Waals surface area contributed by atoms with Crippen LogP contribution in [0.3, 0.4) is 0 Å². The summed E-state index contributed by atoms with van der Waals surface area (Å²) >= 11 is 0. The Bertz CT molecular complexity index is 959. The third-order valence-corrected chi connectivity index (χ3v) is 4.80. The monoisotopic (exact) mass is 418 g/mol. The molecule has 0 radical (unpaired) electrons. The molecule has 2 amide bonds. The Balaban J connectivity index is 2.05. The van der Waals surface area contributed by atoms with E-state index in [1.165, 1.54) is 47.0 Å². The van der Waals surface area contributed by atoms with Gasteiger partial charge in [0.2, 0.25) is 5.91 Å². The zero-order chi connectivity index (χ0) is 21.9. The third kappa shape index (κ3) is 3.90. The Kier molecular flexibility index (Phi) is 6.16. The van der Waals surface area contributed by atoms with Crippen LogP contribution in [0.15, 0.2) is 30.3 Å². The summed E-state index contributed by atoms with van der Waals surface area (Å²) in [6.45, 7) is 3.95. The minimum absolute atomic E-state index is 0.0102. The summed E-state index contributed by atoms with van der Waals surface area (Å²) in [5.41, 5.74) is -0.933. The first-order chi connectivity index (χ1) is 14.3. The number of carbonyl (C=O) groups excluding carboxylic acids is 3. The molecular weight excluding hydrogens is 395 g/mol. The molecule has 1 N–H and O–H groups in total. The molecule has 160 valence electrons. The fourth-order valence-corrected chi connectivity index (χ4v) is 3.34. The topological polar surface area (TPSA) is 103 Å². The molecule has 1 unspecified atom stereocenters. The quantitative estimate of drug-likeness (QED) is 0.538. The molecule has 2 heterocycles. The highest BCUT2D eigenvalue weighted by Gasteiger charge is 2.49. The average Bonchev–Trinajstić information content (AvgIpc) is 3.14. The van der Waals surface area contributed by atoms with Crippen molar-refractivity contribution in [3.05, 3.63) is 47.5 Å². The first kappa shape index (κ1) is 21.4. The molecule has 1 atom stereocenters. The van der Waals surface area contributed by atoms with Crippen molar-refractivity contribution in [2.45, 2.75) is 25.9 Å². The van der Waals surface area contributed by atoms with Crippen LogP contribution in [0.5, 0.6) is 0 Å². The molecule has 30 heavy (non-hydrogen) atoms. The number of fused-ring (bicyclic) bond motifs is 1. The standard InChI is InChI=1S/C20H23FN4O5/c1-4-30-18(27)15-11-16-17(26)25(14-7-5-13(21)6-8-14)20(2,12-24(16)23-15)19(28)22-9-10-29-3/h5-8,11H,4,9-10,12H2,1-3H3,(H,22,28). The van der Waals surface area contributed by atoms with Gasteiger partial charge >= 0.3 is 5.97 Å². The van der Waals surface area contributed by atoms with Gasteiger partial charge in [-0.1, -0.05) is 0 Å². The number of nitrogens with one attached hydrogen (secondary N) is 1. The Morgan fingerprint density at radius 2 is 2.00 bits per heavy atom. The van der Waals surface area contributed by atoms with Crippen LogP contribution < -0.4 is 10.2 Å². The molecule has 0 spiro atoms. The number of rotatable bonds is 7. The first-order valence-corrected chi connectivity index (χ1v) is 9.44. The summed E-state index contributed by atoms with van der Waals surface area (Å²) in [6.07, 6.45) is 0. The van der Waals surface area contributed by atoms with Crippen molar-refractivity contribution < 1.29 is 28.2 Å². The van der Waals surface area contributed by atoms with E-state index in [1.54, 1.807) is 13.8 Å². The highest BCUT2D eigenvalue weighted by molar-refractivity contribution is 6.12. The highest BCUT2D eigenvalue weighted by Crippen LogP contribution is 2.33. The van der Waals surface area contributed by atoms with Crippen molar-refractivity contribution in [2.24, 2.45) is 0 Å². The van der Waals surface area contributed by atoms with Gasteiger partial charge in [-0.2, -0.15) is 5.10 Å². The predicted octanol–water partition coefficient (Wildman–Crippen LogP) is 1.38. The second-order valence-corrected chi connectivity index (χ2v) is 6.93. The fourth-order valence-electron chi connectivity index (χ4n) is 3.34. The molecule has 0 saturated carbocycles. The van der Waals surface area contributed by atoms with Gasteiger partial charge in [-0.05, 0) is 38.1 Å². The van der Waals surface area contributed by atoms with Crippen molar-refractivity contribution in [2.75, 3.05) is 31.8 Å². The van der Waals surface area contributed by atoms with Crippen LogP contribution in [-0.4, -0.2) is 60.0 Å². The van der Waals surface area contributed by atoms with E-state index in [0.717, 1.165) is 0 Å². The number of carbonyl (C=O) groups is 3. The second-order valence-electron chi connectivity index (χ2n) is 6.93. The van der Waals surface area contributed by atoms with Crippen molar-refractivity contribution >= 4 is 23.5 Å². The maximum atomic E-state index is 13.4. The summed E-state index contributed by atoms with van der Waals surface area (Å²) in [4.78, 5) is 39.8. The minimum atomic E-state index is -1.38. The lowest BCUT2D eigenvalue weighted by atomic mass is 9.94. The van der Waals surface area contributed by atoms with Gasteiger partial charge < -0.3 is 14.8 Å². The molecule has 1 aromatic carbocycles. The van der Waals surface area contributed by atoms with Crippen molar-refractivity contribution in [3.8, 4) is 0 Å². The number of anilines is 1. The van der Waals surface area contributed by atoms with E-state index in [-0.39, 0.29) is 31.1 Å². The summed E-state index contributed by atoms with van der Waals surface area (Å²) < 4.78 is 24.7. The van der Waals surface area contributed by atoms with E-state index in [0.29, 0.717) is 12.3 Å². The average molecular weight is 418 g/mol. The van der Waals surface area contributed by atoms with Crippen LogP contribution >= 0.6 is 0 Å². The van der Waals surface area contributed by atoms with Crippen molar-refractivity contribution in [1.82, 2.24) is 15.1 Å². The molecule has 0 bridgehead atoms. The van der Waals surface area contributed by atoms with E-state index in [4.69, 9.17) is 9.47 Å². The minimum Gasteiger partial charge on any atom is -0.461 e. The van der Waals surface area contributed by atoms with Crippen molar-refractivity contribution in [1.29, 1.82) is 0 Å². The molecule has 3 rings (SSSR count). The lowest BCUT2D eigenvalue weighted by Gasteiger charge is -2.43. The molecule has 0 saturated heterocycles. The molecule has 1 aliphatic heterocycles. The van der Waals surface area contributed by atoms with Crippen LogP contribution in [0.1, 0.15) is 34.8 Å². The number of benzene rings is 1. The second kappa shape index (κ2) is 8.62. The lowest BCUT2D eigenvalue weighted by Crippen LogP contribution is -2.64. The van der Waals surface area contributed by atoms with E-state index in [9.17, 15) is 18.8 Å². The third-order valence-electron chi connectivity index (χ3n) is 4.80. The Morgan fingerprint density at radius 3 is 2.63 bits per heavy atom. The number of esters is 1. The number of hydrogen-bond acceptors (Lipinski definition) is 6. The lowest BCUT2D eigenvalue weighted by molar-refractivity contribution is -0.126. The summed E-state index contributed by atoms with van der Waals surface area (Å²) in [7, 11) is 1.51. The molecular formula is C20H23FN4O5. The van der Waals surface area contributed by atoms with Crippen LogP contribution in [0.2, 0.25) is 0 Å². The van der Waals surface area contributed by atoms with Gasteiger partial charge in [0, 0.05) is 25.4 Å². The van der Waals surface area contributed by atoms with E-state index in [2.05, 4.69) is 10.4 Å². The first-order valence-electron chi connectivity index (χ1n) is 9.44. The molecule has 9 nitrogen and oxygen atoms in total. The zero-order valence-electron chi connectivity index (χ0n) is 17.0. The van der Waals surface area contributed by atoms with Gasteiger partial charge in [-0.25, -0.2) is 9.18 Å². The Hall–Kier alpha value is -3.27. The molecule has 1 aliphatic rings. The zero-order valence-corrected chi connectivity index (χ0v) is 17.0. The van der Waals surface area contributed by atoms with Crippen LogP contribution in [-0.2, 0) is 20.8 Å². The van der Waals surface area contributed by atoms with Crippen molar-refractivity contribution in [3.63, 3.8) is 0 Å². The van der Waals surface area contributed by atoms with E-state index in [1.807, 2.05) is 0 Å². The predicted molar refractivity (Wildman–Crippen MR) is 105 cm³/mol. The number of ether oxygens (including phenoxy) is 2. The summed E-state index contributed by atoms with van der Waals surface area (Å²) in [6, 6.07) is 6.60. The van der Waals surface area contributed by atoms with Gasteiger partial charge in [0.05, 0.1) is 19.8 Å². The van der Waals surface area contributed by atoms with Gasteiger partial charge in [0.25, 0.3) is 5.91 Å². The number of hydrogen-bond donors (Lipinski definition) is 1. The Labute approximate surface area is 172 Å². The number of methoxy groups -OCH3 is 1. The van der Waals surface area contributed by atoms with E-state index >= 15 is 0 Å². The van der Waals surface area contributed by atoms with Crippen LogP contribution in [0, 0.1) is 5.82 Å². The molecule has 1 aromatic heterocycles. The normalized spacial score (nSPS) is 18.1. The van der Waals surface area contributed by atoms with E-state index < -0.39 is 29.1 Å². The summed E-state index contributed by atoms with van der Waals surface area (Å²) in [5.74, 6) is -2.10. The molecule has 0 fully saturated rings.